The maximum absolute atomic E-state index is 12.7. The molecule has 0 N–H and O–H groups in total. The van der Waals surface area contributed by atoms with Gasteiger partial charge < -0.3 is 9.26 Å². The Kier molecular flexibility index (Phi) is 6.10. The van der Waals surface area contributed by atoms with Crippen LogP contribution >= 0.6 is 0 Å². The maximum atomic E-state index is 12.7. The predicted molar refractivity (Wildman–Crippen MR) is 102 cm³/mol. The third kappa shape index (κ3) is 5.22. The first-order chi connectivity index (χ1) is 14.5. The molecule has 30 heavy (non-hydrogen) atoms. The van der Waals surface area contributed by atoms with Crippen LogP contribution in [0.1, 0.15) is 29.9 Å². The predicted octanol–water partition coefficient (Wildman–Crippen LogP) is 4.33. The fourth-order valence-corrected chi connectivity index (χ4v) is 3.37. The average Bonchev–Trinajstić information content (AvgIpc) is 3.22. The highest BCUT2D eigenvalue weighted by molar-refractivity contribution is 5.54. The zero-order valence-electron chi connectivity index (χ0n) is 16.2. The summed E-state index contributed by atoms with van der Waals surface area (Å²) in [6, 6.07) is 8.62. The maximum Gasteiger partial charge on any atom is 0.416 e. The van der Waals surface area contributed by atoms with Crippen molar-refractivity contribution in [2.24, 2.45) is 0 Å². The summed E-state index contributed by atoms with van der Waals surface area (Å²) < 4.78 is 49.3. The zero-order valence-corrected chi connectivity index (χ0v) is 16.2. The second-order valence-electron chi connectivity index (χ2n) is 7.23. The molecule has 0 radical (unpaired) electrons. The van der Waals surface area contributed by atoms with Gasteiger partial charge in [0.2, 0.25) is 11.7 Å². The van der Waals surface area contributed by atoms with Gasteiger partial charge in [-0.2, -0.15) is 18.2 Å². The molecule has 0 saturated carbocycles. The quantitative estimate of drug-likeness (QED) is 0.594. The molecule has 3 aromatic rings. The third-order valence-electron chi connectivity index (χ3n) is 5.04. The number of hydrogen-bond acceptors (Lipinski definition) is 6. The van der Waals surface area contributed by atoms with Crippen LogP contribution in [0.3, 0.4) is 0 Å². The standard InChI is InChI=1S/C21H21F3N4O2/c22-21(23,24)17-5-3-16(4-6-17)20-26-19(30-27-20)13-28-10-7-18(8-11-28)29-14-15-2-1-9-25-12-15/h1-6,9,12,18H,7-8,10-11,13-14H2. The number of ether oxygens (including phenoxy) is 1. The van der Waals surface area contributed by atoms with E-state index in [1.807, 2.05) is 12.1 Å². The van der Waals surface area contributed by atoms with E-state index in [1.54, 1.807) is 12.4 Å². The van der Waals surface area contributed by atoms with Gasteiger partial charge in [-0.05, 0) is 36.6 Å². The molecule has 0 bridgehead atoms. The summed E-state index contributed by atoms with van der Waals surface area (Å²) in [6.07, 6.45) is 1.18. The largest absolute Gasteiger partial charge is 0.416 e. The Bertz CT molecular complexity index is 937. The molecule has 1 aliphatic rings. The Balaban J connectivity index is 1.26. The van der Waals surface area contributed by atoms with Crippen LogP contribution in [0.15, 0.2) is 53.3 Å². The number of piperidine rings is 1. The third-order valence-corrected chi connectivity index (χ3v) is 5.04. The fourth-order valence-electron chi connectivity index (χ4n) is 3.37. The molecule has 0 spiro atoms. The van der Waals surface area contributed by atoms with Crippen LogP contribution in [0.4, 0.5) is 13.2 Å². The Morgan fingerprint density at radius 3 is 2.53 bits per heavy atom. The SMILES string of the molecule is FC(F)(F)c1ccc(-c2noc(CN3CCC(OCc4cccnc4)CC3)n2)cc1. The van der Waals surface area contributed by atoms with Crippen molar-refractivity contribution in [1.29, 1.82) is 0 Å². The highest BCUT2D eigenvalue weighted by atomic mass is 19.4. The number of hydrogen-bond donors (Lipinski definition) is 0. The Labute approximate surface area is 171 Å². The van der Waals surface area contributed by atoms with Gasteiger partial charge >= 0.3 is 6.18 Å². The second-order valence-corrected chi connectivity index (χ2v) is 7.23. The molecule has 0 unspecified atom stereocenters. The van der Waals surface area contributed by atoms with E-state index >= 15 is 0 Å². The lowest BCUT2D eigenvalue weighted by Gasteiger charge is -2.30. The first-order valence-electron chi connectivity index (χ1n) is 9.70. The van der Waals surface area contributed by atoms with Crippen molar-refractivity contribution in [1.82, 2.24) is 20.0 Å². The lowest BCUT2D eigenvalue weighted by atomic mass is 10.1. The minimum atomic E-state index is -4.37. The van der Waals surface area contributed by atoms with E-state index in [-0.39, 0.29) is 11.9 Å². The normalized spacial score (nSPS) is 16.1. The van der Waals surface area contributed by atoms with Crippen molar-refractivity contribution in [3.8, 4) is 11.4 Å². The van der Waals surface area contributed by atoms with E-state index in [1.165, 1.54) is 12.1 Å². The number of benzene rings is 1. The summed E-state index contributed by atoms with van der Waals surface area (Å²) in [4.78, 5) is 10.6. The highest BCUT2D eigenvalue weighted by Crippen LogP contribution is 2.30. The van der Waals surface area contributed by atoms with Crippen LogP contribution in [-0.4, -0.2) is 39.2 Å². The fraction of sp³-hybridized carbons (Fsp3) is 0.381. The first kappa shape index (κ1) is 20.5. The van der Waals surface area contributed by atoms with Crippen LogP contribution < -0.4 is 0 Å². The van der Waals surface area contributed by atoms with Crippen LogP contribution in [0.2, 0.25) is 0 Å². The van der Waals surface area contributed by atoms with Crippen LogP contribution in [0.5, 0.6) is 0 Å². The summed E-state index contributed by atoms with van der Waals surface area (Å²) in [5.41, 5.74) is 0.839. The molecule has 3 heterocycles. The lowest BCUT2D eigenvalue weighted by molar-refractivity contribution is -0.137. The molecule has 1 fully saturated rings. The summed E-state index contributed by atoms with van der Waals surface area (Å²) in [6.45, 7) is 2.74. The molecule has 1 saturated heterocycles. The number of alkyl halides is 3. The Morgan fingerprint density at radius 2 is 1.87 bits per heavy atom. The number of likely N-dealkylation sites (tertiary alicyclic amines) is 1. The van der Waals surface area contributed by atoms with Crippen molar-refractivity contribution < 1.29 is 22.4 Å². The van der Waals surface area contributed by atoms with Crippen LogP contribution in [-0.2, 0) is 24.1 Å². The zero-order chi connectivity index (χ0) is 21.0. The molecule has 2 aromatic heterocycles. The molecule has 4 rings (SSSR count). The van der Waals surface area contributed by atoms with E-state index in [0.29, 0.717) is 24.6 Å². The number of halogens is 3. The van der Waals surface area contributed by atoms with Crippen molar-refractivity contribution in [3.05, 3.63) is 65.8 Å². The Hall–Kier alpha value is -2.78. The molecule has 0 atom stereocenters. The Morgan fingerprint density at radius 1 is 1.10 bits per heavy atom. The van der Waals surface area contributed by atoms with Gasteiger partial charge in [0.25, 0.3) is 0 Å². The molecule has 1 aromatic carbocycles. The van der Waals surface area contributed by atoms with Crippen molar-refractivity contribution in [3.63, 3.8) is 0 Å². The van der Waals surface area contributed by atoms with Gasteiger partial charge in [-0.3, -0.25) is 9.88 Å². The van der Waals surface area contributed by atoms with E-state index in [0.717, 1.165) is 43.6 Å². The first-order valence-corrected chi connectivity index (χ1v) is 9.70. The molecular formula is C21H21F3N4O2. The average molecular weight is 418 g/mol. The summed E-state index contributed by atoms with van der Waals surface area (Å²) in [5, 5.41) is 3.90. The van der Waals surface area contributed by atoms with Crippen LogP contribution in [0.25, 0.3) is 11.4 Å². The number of rotatable bonds is 6. The van der Waals surface area contributed by atoms with E-state index in [2.05, 4.69) is 20.0 Å². The van der Waals surface area contributed by atoms with Gasteiger partial charge in [0.05, 0.1) is 24.8 Å². The van der Waals surface area contributed by atoms with E-state index in [4.69, 9.17) is 9.26 Å². The summed E-state index contributed by atoms with van der Waals surface area (Å²) in [5.74, 6) is 0.730. The molecule has 9 heteroatoms. The minimum absolute atomic E-state index is 0.201. The summed E-state index contributed by atoms with van der Waals surface area (Å²) >= 11 is 0. The van der Waals surface area contributed by atoms with Gasteiger partial charge in [0.1, 0.15) is 0 Å². The van der Waals surface area contributed by atoms with Gasteiger partial charge in [0, 0.05) is 31.0 Å². The lowest BCUT2D eigenvalue weighted by Crippen LogP contribution is -2.36. The van der Waals surface area contributed by atoms with Gasteiger partial charge in [-0.25, -0.2) is 0 Å². The van der Waals surface area contributed by atoms with E-state index < -0.39 is 11.7 Å². The number of pyridine rings is 1. The minimum Gasteiger partial charge on any atom is -0.373 e. The molecule has 0 amide bonds. The van der Waals surface area contributed by atoms with Crippen molar-refractivity contribution in [2.45, 2.75) is 38.3 Å². The number of aromatic nitrogens is 3. The molecule has 158 valence electrons. The van der Waals surface area contributed by atoms with Gasteiger partial charge in [-0.1, -0.05) is 23.4 Å². The van der Waals surface area contributed by atoms with Crippen molar-refractivity contribution >= 4 is 0 Å². The monoisotopic (exact) mass is 418 g/mol. The summed E-state index contributed by atoms with van der Waals surface area (Å²) in [7, 11) is 0. The number of nitrogens with zero attached hydrogens (tertiary/aromatic N) is 4. The van der Waals surface area contributed by atoms with E-state index in [9.17, 15) is 13.2 Å². The molecule has 1 aliphatic heterocycles. The molecular weight excluding hydrogens is 397 g/mol. The van der Waals surface area contributed by atoms with Crippen LogP contribution in [0, 0.1) is 0 Å². The highest BCUT2D eigenvalue weighted by Gasteiger charge is 2.30. The molecule has 6 nitrogen and oxygen atoms in total. The topological polar surface area (TPSA) is 64.3 Å². The van der Waals surface area contributed by atoms with Gasteiger partial charge in [-0.15, -0.1) is 0 Å². The molecule has 0 aliphatic carbocycles. The van der Waals surface area contributed by atoms with Crippen molar-refractivity contribution in [2.75, 3.05) is 13.1 Å². The van der Waals surface area contributed by atoms with Gasteiger partial charge in [0.15, 0.2) is 0 Å². The second kappa shape index (κ2) is 8.93. The smallest absolute Gasteiger partial charge is 0.373 e.